The van der Waals surface area contributed by atoms with Crippen LogP contribution in [0.4, 0.5) is 5.82 Å². The van der Waals surface area contributed by atoms with Crippen molar-refractivity contribution in [2.45, 2.75) is 38.6 Å². The van der Waals surface area contributed by atoms with Crippen molar-refractivity contribution >= 4 is 5.82 Å². The molecule has 0 bridgehead atoms. The summed E-state index contributed by atoms with van der Waals surface area (Å²) >= 11 is 0. The quantitative estimate of drug-likeness (QED) is 0.684. The predicted octanol–water partition coefficient (Wildman–Crippen LogP) is 4.76. The van der Waals surface area contributed by atoms with E-state index in [-0.39, 0.29) is 0 Å². The number of benzene rings is 2. The summed E-state index contributed by atoms with van der Waals surface area (Å²) in [6.07, 6.45) is 3.84. The second-order valence-electron chi connectivity index (χ2n) is 7.34. The van der Waals surface area contributed by atoms with Crippen LogP contribution in [0.2, 0.25) is 0 Å². The molecular weight excluding hydrogens is 318 g/mol. The van der Waals surface area contributed by atoms with Crippen LogP contribution >= 0.6 is 0 Å². The molecule has 1 aliphatic heterocycles. The summed E-state index contributed by atoms with van der Waals surface area (Å²) in [6.45, 7) is 5.46. The second kappa shape index (κ2) is 7.28. The van der Waals surface area contributed by atoms with Gasteiger partial charge in [0.05, 0.1) is 0 Å². The average molecular weight is 343 g/mol. The van der Waals surface area contributed by atoms with Gasteiger partial charge in [-0.2, -0.15) is 0 Å². The zero-order valence-corrected chi connectivity index (χ0v) is 15.5. The highest BCUT2D eigenvalue weighted by Gasteiger charge is 2.31. The van der Waals surface area contributed by atoms with Crippen molar-refractivity contribution < 1.29 is 0 Å². The molecule has 3 aromatic rings. The minimum absolute atomic E-state index is 0.487. The van der Waals surface area contributed by atoms with Crippen LogP contribution in [-0.2, 0) is 6.42 Å². The average Bonchev–Trinajstić information content (AvgIpc) is 3.05. The smallest absolute Gasteiger partial charge is 0.135 e. The normalized spacial score (nSPS) is 19.7. The van der Waals surface area contributed by atoms with Crippen LogP contribution in [0.5, 0.6) is 0 Å². The molecule has 2 atom stereocenters. The van der Waals surface area contributed by atoms with Gasteiger partial charge in [0.1, 0.15) is 11.6 Å². The van der Waals surface area contributed by atoms with Gasteiger partial charge in [0, 0.05) is 31.1 Å². The molecule has 1 saturated heterocycles. The molecule has 2 heterocycles. The molecule has 132 valence electrons. The summed E-state index contributed by atoms with van der Waals surface area (Å²) in [7, 11) is 0. The third-order valence-electron chi connectivity index (χ3n) is 5.31. The van der Waals surface area contributed by atoms with Gasteiger partial charge >= 0.3 is 0 Å². The fourth-order valence-corrected chi connectivity index (χ4v) is 3.84. The van der Waals surface area contributed by atoms with E-state index in [4.69, 9.17) is 4.98 Å². The summed E-state index contributed by atoms with van der Waals surface area (Å²) in [5.41, 5.74) is 4.00. The van der Waals surface area contributed by atoms with Gasteiger partial charge in [-0.25, -0.2) is 9.97 Å². The first-order chi connectivity index (χ1) is 12.7. The predicted molar refractivity (Wildman–Crippen MR) is 107 cm³/mol. The standard InChI is InChI=1S/C23H25N3/c1-17-8-10-20(11-9-17)21-14-18(2)26(16-21)23-12-13-24-22(25-23)15-19-6-4-3-5-7-19/h3-13,18,21H,14-16H2,1-2H3. The van der Waals surface area contributed by atoms with E-state index in [1.54, 1.807) is 0 Å². The Balaban J connectivity index is 1.52. The molecule has 1 aliphatic rings. The van der Waals surface area contributed by atoms with Crippen molar-refractivity contribution in [3.63, 3.8) is 0 Å². The number of aromatic nitrogens is 2. The van der Waals surface area contributed by atoms with E-state index in [1.807, 2.05) is 18.3 Å². The maximum atomic E-state index is 4.86. The largest absolute Gasteiger partial charge is 0.353 e. The van der Waals surface area contributed by atoms with E-state index in [0.717, 1.165) is 24.6 Å². The van der Waals surface area contributed by atoms with Gasteiger partial charge in [-0.1, -0.05) is 60.2 Å². The number of hydrogen-bond donors (Lipinski definition) is 0. The van der Waals surface area contributed by atoms with Crippen LogP contribution in [0.15, 0.2) is 66.9 Å². The molecule has 0 N–H and O–H groups in total. The van der Waals surface area contributed by atoms with E-state index >= 15 is 0 Å². The molecule has 4 rings (SSSR count). The first-order valence-corrected chi connectivity index (χ1v) is 9.38. The zero-order chi connectivity index (χ0) is 17.9. The van der Waals surface area contributed by atoms with E-state index in [1.165, 1.54) is 23.1 Å². The number of aryl methyl sites for hydroxylation is 1. The number of anilines is 1. The molecule has 2 unspecified atom stereocenters. The van der Waals surface area contributed by atoms with Crippen molar-refractivity contribution in [1.29, 1.82) is 0 Å². The lowest BCUT2D eigenvalue weighted by atomic mass is 9.96. The van der Waals surface area contributed by atoms with Crippen molar-refractivity contribution in [3.8, 4) is 0 Å². The second-order valence-corrected chi connectivity index (χ2v) is 7.34. The van der Waals surface area contributed by atoms with Crippen LogP contribution < -0.4 is 4.90 Å². The molecule has 0 saturated carbocycles. The minimum Gasteiger partial charge on any atom is -0.353 e. The summed E-state index contributed by atoms with van der Waals surface area (Å²) in [5.74, 6) is 2.51. The van der Waals surface area contributed by atoms with Crippen LogP contribution in [0, 0.1) is 6.92 Å². The Labute approximate surface area is 155 Å². The molecule has 2 aromatic carbocycles. The molecule has 0 aliphatic carbocycles. The van der Waals surface area contributed by atoms with Gasteiger partial charge in [-0.15, -0.1) is 0 Å². The molecule has 0 spiro atoms. The molecule has 1 fully saturated rings. The molecule has 0 amide bonds. The number of rotatable bonds is 4. The Kier molecular flexibility index (Phi) is 4.70. The summed E-state index contributed by atoms with van der Waals surface area (Å²) in [4.78, 5) is 11.8. The highest BCUT2D eigenvalue weighted by molar-refractivity contribution is 5.43. The van der Waals surface area contributed by atoms with Gasteiger partial charge < -0.3 is 4.90 Å². The Morgan fingerprint density at radius 3 is 2.54 bits per heavy atom. The molecule has 1 aromatic heterocycles. The molecule has 3 nitrogen and oxygen atoms in total. The van der Waals surface area contributed by atoms with Gasteiger partial charge in [-0.05, 0) is 37.5 Å². The van der Waals surface area contributed by atoms with Gasteiger partial charge in [0.2, 0.25) is 0 Å². The van der Waals surface area contributed by atoms with Crippen molar-refractivity contribution in [1.82, 2.24) is 9.97 Å². The molecule has 0 radical (unpaired) electrons. The summed E-state index contributed by atoms with van der Waals surface area (Å²) < 4.78 is 0. The fourth-order valence-electron chi connectivity index (χ4n) is 3.84. The Bertz CT molecular complexity index is 858. The van der Waals surface area contributed by atoms with E-state index in [9.17, 15) is 0 Å². The van der Waals surface area contributed by atoms with Crippen LogP contribution in [0.3, 0.4) is 0 Å². The Hall–Kier alpha value is -2.68. The van der Waals surface area contributed by atoms with E-state index in [2.05, 4.69) is 72.3 Å². The Morgan fingerprint density at radius 2 is 1.77 bits per heavy atom. The van der Waals surface area contributed by atoms with Crippen molar-refractivity contribution in [2.24, 2.45) is 0 Å². The number of hydrogen-bond acceptors (Lipinski definition) is 3. The zero-order valence-electron chi connectivity index (χ0n) is 15.5. The SMILES string of the molecule is Cc1ccc(C2CC(C)N(c3ccnc(Cc4ccccc4)n3)C2)cc1. The third kappa shape index (κ3) is 3.62. The lowest BCUT2D eigenvalue weighted by Crippen LogP contribution is -2.28. The van der Waals surface area contributed by atoms with E-state index < -0.39 is 0 Å². The maximum Gasteiger partial charge on any atom is 0.135 e. The van der Waals surface area contributed by atoms with Gasteiger partial charge in [-0.3, -0.25) is 0 Å². The fraction of sp³-hybridized carbons (Fsp3) is 0.304. The van der Waals surface area contributed by atoms with Gasteiger partial charge in [0.15, 0.2) is 0 Å². The van der Waals surface area contributed by atoms with Crippen LogP contribution in [-0.4, -0.2) is 22.6 Å². The molecular formula is C23H25N3. The maximum absolute atomic E-state index is 4.86. The summed E-state index contributed by atoms with van der Waals surface area (Å²) in [6, 6.07) is 21.9. The summed E-state index contributed by atoms with van der Waals surface area (Å²) in [5, 5.41) is 0. The van der Waals surface area contributed by atoms with E-state index in [0.29, 0.717) is 12.0 Å². The lowest BCUT2D eigenvalue weighted by molar-refractivity contribution is 0.695. The van der Waals surface area contributed by atoms with Crippen LogP contribution in [0.1, 0.15) is 41.8 Å². The first-order valence-electron chi connectivity index (χ1n) is 9.38. The van der Waals surface area contributed by atoms with Crippen molar-refractivity contribution in [2.75, 3.05) is 11.4 Å². The monoisotopic (exact) mass is 343 g/mol. The highest BCUT2D eigenvalue weighted by atomic mass is 15.2. The van der Waals surface area contributed by atoms with Crippen LogP contribution in [0.25, 0.3) is 0 Å². The minimum atomic E-state index is 0.487. The topological polar surface area (TPSA) is 29.0 Å². The molecule has 26 heavy (non-hydrogen) atoms. The van der Waals surface area contributed by atoms with Gasteiger partial charge in [0.25, 0.3) is 0 Å². The lowest BCUT2D eigenvalue weighted by Gasteiger charge is -2.23. The Morgan fingerprint density at radius 1 is 1.00 bits per heavy atom. The molecule has 3 heteroatoms. The first kappa shape index (κ1) is 16.8. The third-order valence-corrected chi connectivity index (χ3v) is 5.31. The van der Waals surface area contributed by atoms with Crippen molar-refractivity contribution in [3.05, 3.63) is 89.4 Å². The highest BCUT2D eigenvalue weighted by Crippen LogP contribution is 2.34. The number of nitrogens with zero attached hydrogens (tertiary/aromatic N) is 3.